The molecule has 3 rings (SSSR count). The molecule has 0 spiro atoms. The van der Waals surface area contributed by atoms with Gasteiger partial charge in [0.05, 0.1) is 4.90 Å². The molecule has 0 saturated carbocycles. The largest absolute Gasteiger partial charge is 0.344 e. The van der Waals surface area contributed by atoms with Crippen molar-refractivity contribution in [2.75, 3.05) is 18.0 Å². The lowest BCUT2D eigenvalue weighted by molar-refractivity contribution is 0.567. The molecule has 1 aromatic carbocycles. The second-order valence-electron chi connectivity index (χ2n) is 6.38. The fourth-order valence-electron chi connectivity index (χ4n) is 2.98. The van der Waals surface area contributed by atoms with Crippen molar-refractivity contribution < 1.29 is 8.42 Å². The number of sulfonamides is 1. The Bertz CT molecular complexity index is 756. The molecule has 2 heterocycles. The molecule has 0 amide bonds. The molecule has 1 atom stereocenters. The van der Waals surface area contributed by atoms with E-state index in [9.17, 15) is 8.42 Å². The molecule has 5 nitrogen and oxygen atoms in total. The Balaban J connectivity index is 1.66. The zero-order valence-electron chi connectivity index (χ0n) is 14.0. The van der Waals surface area contributed by atoms with Gasteiger partial charge >= 0.3 is 0 Å². The van der Waals surface area contributed by atoms with Gasteiger partial charge in [0.1, 0.15) is 0 Å². The zero-order chi connectivity index (χ0) is 17.2. The Morgan fingerprint density at radius 2 is 2.08 bits per heavy atom. The van der Waals surface area contributed by atoms with Crippen LogP contribution in [0.1, 0.15) is 38.2 Å². The Morgan fingerprint density at radius 1 is 1.33 bits per heavy atom. The number of hydrogen-bond acceptors (Lipinski definition) is 5. The van der Waals surface area contributed by atoms with Crippen LogP contribution in [0.3, 0.4) is 0 Å². The molecule has 7 heteroatoms. The van der Waals surface area contributed by atoms with E-state index in [1.165, 1.54) is 0 Å². The third-order valence-corrected chi connectivity index (χ3v) is 6.66. The van der Waals surface area contributed by atoms with Crippen molar-refractivity contribution >= 4 is 26.5 Å². The van der Waals surface area contributed by atoms with Gasteiger partial charge in [-0.3, -0.25) is 0 Å². The maximum atomic E-state index is 12.5. The summed E-state index contributed by atoms with van der Waals surface area (Å²) in [7, 11) is -3.48. The molecule has 1 N–H and O–H groups in total. The summed E-state index contributed by atoms with van der Waals surface area (Å²) in [5, 5.41) is 2.92. The zero-order valence-corrected chi connectivity index (χ0v) is 15.6. The van der Waals surface area contributed by atoms with Crippen molar-refractivity contribution in [1.29, 1.82) is 0 Å². The first-order chi connectivity index (χ1) is 11.5. The molecule has 130 valence electrons. The van der Waals surface area contributed by atoms with E-state index in [-0.39, 0.29) is 6.04 Å². The second-order valence-corrected chi connectivity index (χ2v) is 9.02. The Hall–Kier alpha value is -1.44. The first kappa shape index (κ1) is 17.4. The number of rotatable bonds is 6. The molecule has 0 radical (unpaired) electrons. The van der Waals surface area contributed by atoms with E-state index in [0.717, 1.165) is 30.1 Å². The summed E-state index contributed by atoms with van der Waals surface area (Å²) in [4.78, 5) is 6.87. The van der Waals surface area contributed by atoms with Crippen molar-refractivity contribution in [1.82, 2.24) is 9.71 Å². The lowest BCUT2D eigenvalue weighted by atomic mass is 10.0. The van der Waals surface area contributed by atoms with E-state index < -0.39 is 10.0 Å². The molecule has 1 unspecified atom stereocenters. The molecule has 24 heavy (non-hydrogen) atoms. The van der Waals surface area contributed by atoms with Crippen molar-refractivity contribution in [2.24, 2.45) is 0 Å². The molecule has 1 aliphatic rings. The van der Waals surface area contributed by atoms with Crippen LogP contribution in [0, 0.1) is 0 Å². The summed E-state index contributed by atoms with van der Waals surface area (Å²) in [5.41, 5.74) is 1.14. The van der Waals surface area contributed by atoms with Gasteiger partial charge in [0.2, 0.25) is 10.0 Å². The fourth-order valence-corrected chi connectivity index (χ4v) is 4.79. The number of benzene rings is 1. The van der Waals surface area contributed by atoms with Crippen molar-refractivity contribution in [3.05, 3.63) is 41.4 Å². The smallest absolute Gasteiger partial charge is 0.240 e. The Labute approximate surface area is 147 Å². The van der Waals surface area contributed by atoms with Gasteiger partial charge in [-0.05, 0) is 36.5 Å². The lowest BCUT2D eigenvalue weighted by Crippen LogP contribution is -2.40. The standard InChI is InChI=1S/C17H23N3O2S2/c1-13(2)14-5-7-16(8-6-14)24(21,22)19-12-15-4-3-10-20(15)17-18-9-11-23-17/h5-9,11,13,15,19H,3-4,10,12H2,1-2H3. The minimum absolute atomic E-state index is 0.167. The van der Waals surface area contributed by atoms with Gasteiger partial charge in [0.15, 0.2) is 5.13 Å². The first-order valence-corrected chi connectivity index (χ1v) is 10.6. The lowest BCUT2D eigenvalue weighted by Gasteiger charge is -2.24. The van der Waals surface area contributed by atoms with Crippen molar-refractivity contribution in [2.45, 2.75) is 43.5 Å². The predicted octanol–water partition coefficient (Wildman–Crippen LogP) is 3.21. The summed E-state index contributed by atoms with van der Waals surface area (Å²) in [5.74, 6) is 0.389. The summed E-state index contributed by atoms with van der Waals surface area (Å²) in [6.45, 7) is 5.53. The molecule has 0 aliphatic carbocycles. The van der Waals surface area contributed by atoms with E-state index >= 15 is 0 Å². The van der Waals surface area contributed by atoms with Crippen LogP contribution in [0.25, 0.3) is 0 Å². The fraction of sp³-hybridized carbons (Fsp3) is 0.471. The maximum Gasteiger partial charge on any atom is 0.240 e. The summed E-state index contributed by atoms with van der Waals surface area (Å²) >= 11 is 1.60. The van der Waals surface area contributed by atoms with Crippen LogP contribution in [0.15, 0.2) is 40.7 Å². The number of nitrogens with zero attached hydrogens (tertiary/aromatic N) is 2. The average Bonchev–Trinajstić information content (AvgIpc) is 3.24. The van der Waals surface area contributed by atoms with Crippen LogP contribution in [-0.2, 0) is 10.0 Å². The highest BCUT2D eigenvalue weighted by molar-refractivity contribution is 7.89. The molecular formula is C17H23N3O2S2. The first-order valence-electron chi connectivity index (χ1n) is 8.23. The molecule has 1 saturated heterocycles. The van der Waals surface area contributed by atoms with Gasteiger partial charge in [-0.15, -0.1) is 11.3 Å². The summed E-state index contributed by atoms with van der Waals surface area (Å²) in [6, 6.07) is 7.31. The highest BCUT2D eigenvalue weighted by Gasteiger charge is 2.27. The van der Waals surface area contributed by atoms with Gasteiger partial charge in [0.25, 0.3) is 0 Å². The number of nitrogens with one attached hydrogen (secondary N) is 1. The Morgan fingerprint density at radius 3 is 2.71 bits per heavy atom. The molecule has 1 aliphatic heterocycles. The topological polar surface area (TPSA) is 62.3 Å². The van der Waals surface area contributed by atoms with Gasteiger partial charge in [0, 0.05) is 30.7 Å². The monoisotopic (exact) mass is 365 g/mol. The minimum atomic E-state index is -3.48. The minimum Gasteiger partial charge on any atom is -0.344 e. The second kappa shape index (κ2) is 7.21. The Kier molecular flexibility index (Phi) is 5.22. The van der Waals surface area contributed by atoms with Crippen LogP contribution >= 0.6 is 11.3 Å². The highest BCUT2D eigenvalue weighted by Crippen LogP contribution is 2.27. The van der Waals surface area contributed by atoms with Crippen molar-refractivity contribution in [3.63, 3.8) is 0 Å². The number of anilines is 1. The van der Waals surface area contributed by atoms with Crippen molar-refractivity contribution in [3.8, 4) is 0 Å². The molecule has 2 aromatic rings. The predicted molar refractivity (Wildman–Crippen MR) is 98.2 cm³/mol. The van der Waals surface area contributed by atoms with Crippen LogP contribution < -0.4 is 9.62 Å². The van der Waals surface area contributed by atoms with Gasteiger partial charge in [-0.1, -0.05) is 26.0 Å². The van der Waals surface area contributed by atoms with Crippen LogP contribution in [0.5, 0.6) is 0 Å². The van der Waals surface area contributed by atoms with Gasteiger partial charge < -0.3 is 4.90 Å². The number of thiazole rings is 1. The van der Waals surface area contributed by atoms with Gasteiger partial charge in [-0.2, -0.15) is 0 Å². The number of aromatic nitrogens is 1. The van der Waals surface area contributed by atoms with E-state index in [4.69, 9.17) is 0 Å². The number of hydrogen-bond donors (Lipinski definition) is 1. The highest BCUT2D eigenvalue weighted by atomic mass is 32.2. The van der Waals surface area contributed by atoms with E-state index in [1.54, 1.807) is 29.7 Å². The molecule has 0 bridgehead atoms. The average molecular weight is 366 g/mol. The summed E-state index contributed by atoms with van der Waals surface area (Å²) < 4.78 is 27.8. The summed E-state index contributed by atoms with van der Waals surface area (Å²) in [6.07, 6.45) is 3.83. The van der Waals surface area contributed by atoms with Crippen LogP contribution in [0.2, 0.25) is 0 Å². The normalized spacial score (nSPS) is 18.5. The van der Waals surface area contributed by atoms with E-state index in [2.05, 4.69) is 28.5 Å². The van der Waals surface area contributed by atoms with Crippen LogP contribution in [0.4, 0.5) is 5.13 Å². The quantitative estimate of drug-likeness (QED) is 0.854. The molecule has 1 aromatic heterocycles. The molecule has 1 fully saturated rings. The van der Waals surface area contributed by atoms with E-state index in [0.29, 0.717) is 17.4 Å². The third kappa shape index (κ3) is 3.79. The third-order valence-electron chi connectivity index (χ3n) is 4.41. The maximum absolute atomic E-state index is 12.5. The van der Waals surface area contributed by atoms with E-state index in [1.807, 2.05) is 17.5 Å². The SMILES string of the molecule is CC(C)c1ccc(S(=O)(=O)NCC2CCCN2c2nccs2)cc1. The van der Waals surface area contributed by atoms with Crippen LogP contribution in [-0.4, -0.2) is 32.5 Å². The molecular weight excluding hydrogens is 342 g/mol. The van der Waals surface area contributed by atoms with Gasteiger partial charge in [-0.25, -0.2) is 18.1 Å².